The molecule has 0 bridgehead atoms. The molecule has 1 heterocycles. The molecule has 0 saturated carbocycles. The van der Waals surface area contributed by atoms with E-state index < -0.39 is 6.17 Å². The maximum absolute atomic E-state index is 12.7. The Morgan fingerprint density at radius 2 is 1.88 bits per heavy atom. The van der Waals surface area contributed by atoms with Crippen LogP contribution in [0.1, 0.15) is 31.9 Å². The highest BCUT2D eigenvalue weighted by Crippen LogP contribution is 2.22. The number of hydrogen-bond donors (Lipinski definition) is 2. The number of amides is 1. The molecule has 1 amide bonds. The Bertz CT molecular complexity index is 1150. The summed E-state index contributed by atoms with van der Waals surface area (Å²) in [4.78, 5) is 21.9. The molecule has 0 radical (unpaired) electrons. The Balaban J connectivity index is 1.84. The normalized spacial score (nSPS) is 12.8. The zero-order valence-electron chi connectivity index (χ0n) is 18.4. The first-order chi connectivity index (χ1) is 15.3. The lowest BCUT2D eigenvalue weighted by Gasteiger charge is -2.29. The molecular weight excluding hydrogens is 422 g/mol. The van der Waals surface area contributed by atoms with Crippen LogP contribution in [0.25, 0.3) is 10.9 Å². The highest BCUT2D eigenvalue weighted by molar-refractivity contribution is 6.30. The Morgan fingerprint density at radius 1 is 1.12 bits per heavy atom. The molecule has 164 valence electrons. The van der Waals surface area contributed by atoms with Gasteiger partial charge in [-0.25, -0.2) is 4.99 Å². The van der Waals surface area contributed by atoms with Gasteiger partial charge in [0.15, 0.2) is 6.19 Å². The SMILES string of the molecule is CC(C)(C)C(N=C(Cc1cccc2ncccc12)NC#N)NC(=O)Cc1ccc(Cl)cc1. The molecule has 1 aromatic heterocycles. The van der Waals surface area contributed by atoms with E-state index in [-0.39, 0.29) is 17.7 Å². The molecular formula is C25H26ClN5O. The van der Waals surface area contributed by atoms with Crippen LogP contribution in [0.15, 0.2) is 65.8 Å². The van der Waals surface area contributed by atoms with Crippen molar-refractivity contribution in [2.24, 2.45) is 10.4 Å². The Morgan fingerprint density at radius 3 is 2.56 bits per heavy atom. The number of rotatable bonds is 6. The number of pyridine rings is 1. The third-order valence-electron chi connectivity index (χ3n) is 4.97. The summed E-state index contributed by atoms with van der Waals surface area (Å²) in [7, 11) is 0. The monoisotopic (exact) mass is 447 g/mol. The van der Waals surface area contributed by atoms with Crippen LogP contribution in [-0.2, 0) is 17.6 Å². The highest BCUT2D eigenvalue weighted by Gasteiger charge is 2.26. The number of carbonyl (C=O) groups is 1. The predicted molar refractivity (Wildman–Crippen MR) is 128 cm³/mol. The number of halogens is 1. The first-order valence-electron chi connectivity index (χ1n) is 10.3. The van der Waals surface area contributed by atoms with E-state index in [9.17, 15) is 10.1 Å². The van der Waals surface area contributed by atoms with Crippen molar-refractivity contribution in [2.45, 2.75) is 39.8 Å². The largest absolute Gasteiger partial charge is 0.334 e. The molecule has 1 atom stereocenters. The minimum Gasteiger partial charge on any atom is -0.334 e. The standard InChI is InChI=1S/C25H26ClN5O/c1-25(2,3)24(31-23(32)14-17-9-11-19(26)12-10-17)30-22(29-16-27)15-18-6-4-8-21-20(18)7-5-13-28-21/h4-13,24H,14-15H2,1-3H3,(H,29,30)(H,31,32). The van der Waals surface area contributed by atoms with Crippen molar-refractivity contribution in [3.05, 3.63) is 76.9 Å². The summed E-state index contributed by atoms with van der Waals surface area (Å²) < 4.78 is 0. The Labute approximate surface area is 193 Å². The second kappa shape index (κ2) is 10.3. The van der Waals surface area contributed by atoms with Crippen molar-refractivity contribution >= 4 is 34.2 Å². The van der Waals surface area contributed by atoms with Gasteiger partial charge in [-0.1, -0.05) is 62.7 Å². The molecule has 2 N–H and O–H groups in total. The summed E-state index contributed by atoms with van der Waals surface area (Å²) in [6.07, 6.45) is 3.83. The molecule has 0 fully saturated rings. The van der Waals surface area contributed by atoms with Crippen LogP contribution in [0.2, 0.25) is 5.02 Å². The van der Waals surface area contributed by atoms with Gasteiger partial charge in [0.05, 0.1) is 11.9 Å². The number of nitrogens with zero attached hydrogens (tertiary/aromatic N) is 3. The number of aromatic nitrogens is 1. The van der Waals surface area contributed by atoms with E-state index in [1.54, 1.807) is 18.3 Å². The van der Waals surface area contributed by atoms with Crippen LogP contribution < -0.4 is 10.6 Å². The third kappa shape index (κ3) is 6.29. The third-order valence-corrected chi connectivity index (χ3v) is 5.23. The molecule has 0 aliphatic heterocycles. The van der Waals surface area contributed by atoms with Crippen molar-refractivity contribution in [3.8, 4) is 6.19 Å². The summed E-state index contributed by atoms with van der Waals surface area (Å²) in [5, 5.41) is 16.6. The topological polar surface area (TPSA) is 90.2 Å². The first kappa shape index (κ1) is 23.2. The number of fused-ring (bicyclic) bond motifs is 1. The second-order valence-electron chi connectivity index (χ2n) is 8.62. The number of aliphatic imine (C=N–C) groups is 1. The summed E-state index contributed by atoms with van der Waals surface area (Å²) in [5.74, 6) is 0.331. The number of nitrogens with one attached hydrogen (secondary N) is 2. The van der Waals surface area contributed by atoms with Gasteiger partial charge in [0.1, 0.15) is 12.0 Å². The van der Waals surface area contributed by atoms with E-state index in [1.807, 2.05) is 69.4 Å². The summed E-state index contributed by atoms with van der Waals surface area (Å²) in [6, 6.07) is 16.9. The number of hydrogen-bond acceptors (Lipinski definition) is 4. The number of amidine groups is 1. The van der Waals surface area contributed by atoms with E-state index in [2.05, 4.69) is 15.6 Å². The summed E-state index contributed by atoms with van der Waals surface area (Å²) >= 11 is 5.93. The average molecular weight is 448 g/mol. The van der Waals surface area contributed by atoms with Crippen molar-refractivity contribution in [1.29, 1.82) is 5.26 Å². The van der Waals surface area contributed by atoms with Gasteiger partial charge >= 0.3 is 0 Å². The van der Waals surface area contributed by atoms with E-state index in [1.165, 1.54) is 0 Å². The fourth-order valence-electron chi connectivity index (χ4n) is 3.28. The summed E-state index contributed by atoms with van der Waals surface area (Å²) in [5.41, 5.74) is 2.38. The summed E-state index contributed by atoms with van der Waals surface area (Å²) in [6.45, 7) is 5.99. The zero-order valence-corrected chi connectivity index (χ0v) is 19.1. The molecule has 3 rings (SSSR count). The maximum Gasteiger partial charge on any atom is 0.226 e. The molecule has 32 heavy (non-hydrogen) atoms. The van der Waals surface area contributed by atoms with Crippen LogP contribution >= 0.6 is 11.6 Å². The van der Waals surface area contributed by atoms with Gasteiger partial charge in [0.2, 0.25) is 5.91 Å². The highest BCUT2D eigenvalue weighted by atomic mass is 35.5. The lowest BCUT2D eigenvalue weighted by Crippen LogP contribution is -2.44. The van der Waals surface area contributed by atoms with Crippen molar-refractivity contribution < 1.29 is 4.79 Å². The maximum atomic E-state index is 12.7. The number of benzene rings is 2. The molecule has 0 aliphatic carbocycles. The average Bonchev–Trinajstić information content (AvgIpc) is 2.74. The number of carbonyl (C=O) groups excluding carboxylic acids is 1. The number of nitriles is 1. The van der Waals surface area contributed by atoms with E-state index in [4.69, 9.17) is 16.6 Å². The zero-order chi connectivity index (χ0) is 23.1. The van der Waals surface area contributed by atoms with Crippen molar-refractivity contribution in [3.63, 3.8) is 0 Å². The minimum absolute atomic E-state index is 0.151. The van der Waals surface area contributed by atoms with Crippen molar-refractivity contribution in [1.82, 2.24) is 15.6 Å². The van der Waals surface area contributed by atoms with Crippen LogP contribution in [0.5, 0.6) is 0 Å². The van der Waals surface area contributed by atoms with Gasteiger partial charge in [-0.05, 0) is 35.4 Å². The quantitative estimate of drug-likeness (QED) is 0.249. The van der Waals surface area contributed by atoms with Crippen LogP contribution in [0.4, 0.5) is 0 Å². The van der Waals surface area contributed by atoms with E-state index >= 15 is 0 Å². The molecule has 0 spiro atoms. The Kier molecular flexibility index (Phi) is 7.45. The molecule has 6 nitrogen and oxygen atoms in total. The molecule has 1 unspecified atom stereocenters. The lowest BCUT2D eigenvalue weighted by atomic mass is 9.92. The molecule has 3 aromatic rings. The smallest absolute Gasteiger partial charge is 0.226 e. The minimum atomic E-state index is -0.522. The van der Waals surface area contributed by atoms with Crippen molar-refractivity contribution in [2.75, 3.05) is 0 Å². The van der Waals surface area contributed by atoms with Gasteiger partial charge < -0.3 is 5.32 Å². The molecule has 0 aliphatic rings. The second-order valence-corrected chi connectivity index (χ2v) is 9.05. The van der Waals surface area contributed by atoms with Crippen LogP contribution in [0, 0.1) is 16.9 Å². The predicted octanol–water partition coefficient (Wildman–Crippen LogP) is 4.63. The molecule has 2 aromatic carbocycles. The van der Waals surface area contributed by atoms with E-state index in [0.29, 0.717) is 17.3 Å². The van der Waals surface area contributed by atoms with Gasteiger partial charge in [-0.15, -0.1) is 0 Å². The van der Waals surface area contributed by atoms with Gasteiger partial charge in [-0.3, -0.25) is 15.1 Å². The fourth-order valence-corrected chi connectivity index (χ4v) is 3.40. The van der Waals surface area contributed by atoms with Crippen LogP contribution in [0.3, 0.4) is 0 Å². The molecule has 7 heteroatoms. The van der Waals surface area contributed by atoms with Crippen LogP contribution in [-0.4, -0.2) is 22.9 Å². The molecule has 0 saturated heterocycles. The van der Waals surface area contributed by atoms with Gasteiger partial charge in [0, 0.05) is 28.4 Å². The Hall–Kier alpha value is -3.43. The van der Waals surface area contributed by atoms with Gasteiger partial charge in [0.25, 0.3) is 0 Å². The van der Waals surface area contributed by atoms with E-state index in [0.717, 1.165) is 22.0 Å². The van der Waals surface area contributed by atoms with Gasteiger partial charge in [-0.2, -0.15) is 5.26 Å². The lowest BCUT2D eigenvalue weighted by molar-refractivity contribution is -0.121. The first-order valence-corrected chi connectivity index (χ1v) is 10.7. The fraction of sp³-hybridized carbons (Fsp3) is 0.280.